The number of hydrogen-bond acceptors (Lipinski definition) is 6. The van der Waals surface area contributed by atoms with Crippen molar-refractivity contribution in [2.45, 2.75) is 55.2 Å². The second-order valence-electron chi connectivity index (χ2n) is 8.52. The molecule has 4 rings (SSSR count). The predicted octanol–water partition coefficient (Wildman–Crippen LogP) is 2.58. The van der Waals surface area contributed by atoms with E-state index in [9.17, 15) is 18.3 Å². The van der Waals surface area contributed by atoms with E-state index in [1.54, 1.807) is 12.1 Å². The first-order valence-electron chi connectivity index (χ1n) is 11.3. The Morgan fingerprint density at radius 2 is 1.70 bits per heavy atom. The molecular weight excluding hydrogens is 444 g/mol. The second kappa shape index (κ2) is 10.6. The SMILES string of the molecule is O=C(NCC[C@H]1CC[C@@H](NS(=O)(=O)c2ccc(Oc3ccccc3)cc2)[C@@H](CO)O1)C1CC1. The van der Waals surface area contributed by atoms with Crippen LogP contribution in [0.4, 0.5) is 0 Å². The topological polar surface area (TPSA) is 114 Å². The number of carbonyl (C=O) groups is 1. The van der Waals surface area contributed by atoms with Crippen molar-refractivity contribution in [2.75, 3.05) is 13.2 Å². The average Bonchev–Trinajstić information content (AvgIpc) is 3.66. The standard InChI is InChI=1S/C24H30N2O6S/c27-16-23-22(13-10-20(32-23)14-15-25-24(28)17-6-7-17)26-33(29,30)21-11-8-19(9-12-21)31-18-4-2-1-3-5-18/h1-5,8-9,11-12,17,20,22-23,26-27H,6-7,10,13-16H2,(H,25,28)/t20-,22-,23-/m1/s1. The maximum Gasteiger partial charge on any atom is 0.240 e. The molecule has 2 aromatic rings. The predicted molar refractivity (Wildman–Crippen MR) is 122 cm³/mol. The van der Waals surface area contributed by atoms with Gasteiger partial charge in [-0.2, -0.15) is 0 Å². The molecule has 1 saturated carbocycles. The number of carbonyl (C=O) groups excluding carboxylic acids is 1. The molecular formula is C24H30N2O6S. The summed E-state index contributed by atoms with van der Waals surface area (Å²) in [7, 11) is -3.79. The molecule has 1 aliphatic carbocycles. The van der Waals surface area contributed by atoms with E-state index in [1.165, 1.54) is 12.1 Å². The molecule has 0 spiro atoms. The first-order valence-corrected chi connectivity index (χ1v) is 12.8. The quantitative estimate of drug-likeness (QED) is 0.488. The average molecular weight is 475 g/mol. The molecule has 1 heterocycles. The number of nitrogens with one attached hydrogen (secondary N) is 2. The van der Waals surface area contributed by atoms with Crippen molar-refractivity contribution in [3.8, 4) is 11.5 Å². The number of para-hydroxylation sites is 1. The van der Waals surface area contributed by atoms with E-state index < -0.39 is 22.2 Å². The molecule has 1 aliphatic heterocycles. The molecule has 0 unspecified atom stereocenters. The number of sulfonamides is 1. The van der Waals surface area contributed by atoms with Crippen molar-refractivity contribution in [3.05, 3.63) is 54.6 Å². The minimum Gasteiger partial charge on any atom is -0.457 e. The van der Waals surface area contributed by atoms with Crippen LogP contribution in [0.25, 0.3) is 0 Å². The Balaban J connectivity index is 1.30. The van der Waals surface area contributed by atoms with Gasteiger partial charge in [0.1, 0.15) is 11.5 Å². The fraction of sp³-hybridized carbons (Fsp3) is 0.458. The third kappa shape index (κ3) is 6.54. The summed E-state index contributed by atoms with van der Waals surface area (Å²) in [5.74, 6) is 1.46. The molecule has 1 amide bonds. The van der Waals surface area contributed by atoms with Crippen LogP contribution in [-0.4, -0.2) is 50.8 Å². The molecule has 33 heavy (non-hydrogen) atoms. The number of benzene rings is 2. The van der Waals surface area contributed by atoms with Gasteiger partial charge in [0.2, 0.25) is 15.9 Å². The highest BCUT2D eigenvalue weighted by atomic mass is 32.2. The van der Waals surface area contributed by atoms with Gasteiger partial charge in [-0.1, -0.05) is 18.2 Å². The zero-order valence-corrected chi connectivity index (χ0v) is 19.2. The zero-order chi connectivity index (χ0) is 23.3. The van der Waals surface area contributed by atoms with E-state index in [2.05, 4.69) is 10.0 Å². The molecule has 1 saturated heterocycles. The van der Waals surface area contributed by atoms with E-state index in [0.29, 0.717) is 37.3 Å². The molecule has 0 bridgehead atoms. The molecule has 0 aromatic heterocycles. The molecule has 178 valence electrons. The third-order valence-corrected chi connectivity index (χ3v) is 7.43. The molecule has 3 N–H and O–H groups in total. The van der Waals surface area contributed by atoms with Crippen LogP contribution in [0.3, 0.4) is 0 Å². The number of hydrogen-bond donors (Lipinski definition) is 3. The van der Waals surface area contributed by atoms with Gasteiger partial charge in [-0.15, -0.1) is 0 Å². The Morgan fingerprint density at radius 3 is 2.36 bits per heavy atom. The number of ether oxygens (including phenoxy) is 2. The molecule has 0 radical (unpaired) electrons. The van der Waals surface area contributed by atoms with Crippen LogP contribution in [0.2, 0.25) is 0 Å². The van der Waals surface area contributed by atoms with Gasteiger partial charge in [0.05, 0.1) is 29.8 Å². The number of aliphatic hydroxyl groups is 1. The maximum atomic E-state index is 12.9. The van der Waals surface area contributed by atoms with Crippen LogP contribution in [0.5, 0.6) is 11.5 Å². The normalized spacial score (nSPS) is 23.1. The van der Waals surface area contributed by atoms with Gasteiger partial charge < -0.3 is 19.9 Å². The van der Waals surface area contributed by atoms with Crippen molar-refractivity contribution < 1.29 is 27.8 Å². The van der Waals surface area contributed by atoms with Crippen LogP contribution in [0.15, 0.2) is 59.5 Å². The van der Waals surface area contributed by atoms with Gasteiger partial charge in [-0.3, -0.25) is 4.79 Å². The number of amides is 1. The second-order valence-corrected chi connectivity index (χ2v) is 10.2. The molecule has 2 aliphatic rings. The van der Waals surface area contributed by atoms with Crippen molar-refractivity contribution in [3.63, 3.8) is 0 Å². The first-order chi connectivity index (χ1) is 15.9. The van der Waals surface area contributed by atoms with Crippen LogP contribution in [-0.2, 0) is 19.6 Å². The van der Waals surface area contributed by atoms with E-state index in [4.69, 9.17) is 9.47 Å². The van der Waals surface area contributed by atoms with Crippen LogP contribution in [0, 0.1) is 5.92 Å². The largest absolute Gasteiger partial charge is 0.457 e. The van der Waals surface area contributed by atoms with Crippen molar-refractivity contribution in [2.24, 2.45) is 5.92 Å². The van der Waals surface area contributed by atoms with Gasteiger partial charge in [0.25, 0.3) is 0 Å². The summed E-state index contributed by atoms with van der Waals surface area (Å²) >= 11 is 0. The molecule has 8 nitrogen and oxygen atoms in total. The van der Waals surface area contributed by atoms with Gasteiger partial charge in [0.15, 0.2) is 0 Å². The van der Waals surface area contributed by atoms with E-state index in [1.807, 2.05) is 30.3 Å². The Bertz CT molecular complexity index is 1020. The minimum absolute atomic E-state index is 0.0929. The smallest absolute Gasteiger partial charge is 0.240 e. The lowest BCUT2D eigenvalue weighted by Crippen LogP contribution is -2.51. The number of aliphatic hydroxyl groups excluding tert-OH is 1. The van der Waals surface area contributed by atoms with Crippen molar-refractivity contribution in [1.82, 2.24) is 10.0 Å². The van der Waals surface area contributed by atoms with Crippen LogP contribution >= 0.6 is 0 Å². The van der Waals surface area contributed by atoms with E-state index in [0.717, 1.165) is 12.8 Å². The maximum absolute atomic E-state index is 12.9. The third-order valence-electron chi connectivity index (χ3n) is 5.93. The summed E-state index contributed by atoms with van der Waals surface area (Å²) in [5.41, 5.74) is 0. The molecule has 2 fully saturated rings. The highest BCUT2D eigenvalue weighted by Crippen LogP contribution is 2.29. The summed E-state index contributed by atoms with van der Waals surface area (Å²) in [6.45, 7) is 0.230. The van der Waals surface area contributed by atoms with Gasteiger partial charge >= 0.3 is 0 Å². The fourth-order valence-corrected chi connectivity index (χ4v) is 5.20. The van der Waals surface area contributed by atoms with Gasteiger partial charge in [-0.25, -0.2) is 13.1 Å². The fourth-order valence-electron chi connectivity index (χ4n) is 3.90. The minimum atomic E-state index is -3.79. The highest BCUT2D eigenvalue weighted by Gasteiger charge is 2.34. The summed E-state index contributed by atoms with van der Waals surface area (Å²) < 4.78 is 40.1. The Labute approximate surface area is 194 Å². The lowest BCUT2D eigenvalue weighted by molar-refractivity contribution is -0.122. The lowest BCUT2D eigenvalue weighted by atomic mass is 9.98. The van der Waals surface area contributed by atoms with Gasteiger partial charge in [-0.05, 0) is 68.5 Å². The van der Waals surface area contributed by atoms with E-state index in [-0.39, 0.29) is 29.4 Å². The number of rotatable bonds is 10. The van der Waals surface area contributed by atoms with E-state index >= 15 is 0 Å². The summed E-state index contributed by atoms with van der Waals surface area (Å²) in [5, 5.41) is 12.7. The summed E-state index contributed by atoms with van der Waals surface area (Å²) in [4.78, 5) is 11.9. The van der Waals surface area contributed by atoms with Gasteiger partial charge in [0, 0.05) is 12.5 Å². The Kier molecular flexibility index (Phi) is 7.64. The zero-order valence-electron chi connectivity index (χ0n) is 18.4. The molecule has 2 aromatic carbocycles. The molecule has 9 heteroatoms. The molecule has 3 atom stereocenters. The van der Waals surface area contributed by atoms with Crippen LogP contribution in [0.1, 0.15) is 32.1 Å². The summed E-state index contributed by atoms with van der Waals surface area (Å²) in [6, 6.07) is 14.9. The Hall–Kier alpha value is -2.46. The highest BCUT2D eigenvalue weighted by molar-refractivity contribution is 7.89. The van der Waals surface area contributed by atoms with Crippen molar-refractivity contribution >= 4 is 15.9 Å². The van der Waals surface area contributed by atoms with Crippen LogP contribution < -0.4 is 14.8 Å². The first kappa shape index (κ1) is 23.7. The van der Waals surface area contributed by atoms with Crippen molar-refractivity contribution in [1.29, 1.82) is 0 Å². The lowest BCUT2D eigenvalue weighted by Gasteiger charge is -2.36. The Morgan fingerprint density at radius 1 is 1.00 bits per heavy atom. The monoisotopic (exact) mass is 474 g/mol. The summed E-state index contributed by atoms with van der Waals surface area (Å²) in [6.07, 6.45) is 2.98.